The number of rotatable bonds is 6. The summed E-state index contributed by atoms with van der Waals surface area (Å²) in [5.74, 6) is 4.26. The second-order valence-corrected chi connectivity index (χ2v) is 9.05. The van der Waals surface area contributed by atoms with Crippen molar-refractivity contribution in [2.45, 2.75) is 52.5 Å². The lowest BCUT2D eigenvalue weighted by molar-refractivity contribution is 0.175. The van der Waals surface area contributed by atoms with Gasteiger partial charge in [-0.25, -0.2) is 19.9 Å². The minimum atomic E-state index is 0.660. The SMILES string of the molecule is CNc1cc(C)nc(CC2CCN(Cc3cnc(N4CCC(C)CC4)nc3)CC2)n1. The first-order chi connectivity index (χ1) is 14.6. The molecule has 2 aliphatic heterocycles. The molecule has 7 heteroatoms. The van der Waals surface area contributed by atoms with Gasteiger partial charge in [0.15, 0.2) is 0 Å². The third-order valence-corrected chi connectivity index (χ3v) is 6.50. The van der Waals surface area contributed by atoms with Gasteiger partial charge in [0.05, 0.1) is 0 Å². The van der Waals surface area contributed by atoms with E-state index in [-0.39, 0.29) is 0 Å². The molecular formula is C23H35N7. The summed E-state index contributed by atoms with van der Waals surface area (Å²) in [4.78, 5) is 23.4. The molecule has 0 atom stereocenters. The van der Waals surface area contributed by atoms with Gasteiger partial charge in [-0.2, -0.15) is 0 Å². The molecule has 162 valence electrons. The van der Waals surface area contributed by atoms with Crippen LogP contribution in [0.4, 0.5) is 11.8 Å². The van der Waals surface area contributed by atoms with Crippen LogP contribution >= 0.6 is 0 Å². The molecule has 2 aromatic rings. The Morgan fingerprint density at radius 3 is 2.37 bits per heavy atom. The van der Waals surface area contributed by atoms with E-state index in [1.807, 2.05) is 32.4 Å². The highest BCUT2D eigenvalue weighted by molar-refractivity contribution is 5.34. The number of aryl methyl sites for hydroxylation is 1. The van der Waals surface area contributed by atoms with Crippen LogP contribution in [0.3, 0.4) is 0 Å². The highest BCUT2D eigenvalue weighted by atomic mass is 15.2. The van der Waals surface area contributed by atoms with Gasteiger partial charge in [0.1, 0.15) is 11.6 Å². The molecule has 0 spiro atoms. The van der Waals surface area contributed by atoms with Crippen LogP contribution in [0.5, 0.6) is 0 Å². The molecular weight excluding hydrogens is 374 g/mol. The lowest BCUT2D eigenvalue weighted by Crippen LogP contribution is -2.35. The molecule has 0 radical (unpaired) electrons. The van der Waals surface area contributed by atoms with Gasteiger partial charge in [-0.15, -0.1) is 0 Å². The van der Waals surface area contributed by atoms with Crippen LogP contribution in [0.1, 0.15) is 49.7 Å². The Morgan fingerprint density at radius 1 is 1.00 bits per heavy atom. The van der Waals surface area contributed by atoms with E-state index in [1.165, 1.54) is 31.2 Å². The Hall–Kier alpha value is -2.28. The van der Waals surface area contributed by atoms with E-state index in [1.54, 1.807) is 0 Å². The molecule has 30 heavy (non-hydrogen) atoms. The Kier molecular flexibility index (Phi) is 6.77. The molecule has 4 heterocycles. The molecule has 0 amide bonds. The fourth-order valence-corrected chi connectivity index (χ4v) is 4.52. The maximum absolute atomic E-state index is 4.65. The summed E-state index contributed by atoms with van der Waals surface area (Å²) in [5.41, 5.74) is 2.24. The molecule has 1 N–H and O–H groups in total. The van der Waals surface area contributed by atoms with E-state index in [2.05, 4.69) is 42.0 Å². The fraction of sp³-hybridized carbons (Fsp3) is 0.652. The Morgan fingerprint density at radius 2 is 1.70 bits per heavy atom. The topological polar surface area (TPSA) is 70.1 Å². The summed E-state index contributed by atoms with van der Waals surface area (Å²) >= 11 is 0. The number of anilines is 2. The van der Waals surface area contributed by atoms with E-state index in [0.29, 0.717) is 5.92 Å². The maximum atomic E-state index is 4.65. The molecule has 0 bridgehead atoms. The van der Waals surface area contributed by atoms with Gasteiger partial charge < -0.3 is 10.2 Å². The van der Waals surface area contributed by atoms with Crippen LogP contribution in [0.25, 0.3) is 0 Å². The zero-order chi connectivity index (χ0) is 20.9. The second kappa shape index (κ2) is 9.69. The lowest BCUT2D eigenvalue weighted by atomic mass is 9.93. The number of hydrogen-bond acceptors (Lipinski definition) is 7. The van der Waals surface area contributed by atoms with E-state index in [9.17, 15) is 0 Å². The molecule has 0 saturated carbocycles. The summed E-state index contributed by atoms with van der Waals surface area (Å²) in [5, 5.41) is 3.13. The van der Waals surface area contributed by atoms with Crippen LogP contribution in [0.15, 0.2) is 18.5 Å². The van der Waals surface area contributed by atoms with Crippen LogP contribution in [-0.2, 0) is 13.0 Å². The smallest absolute Gasteiger partial charge is 0.225 e. The maximum Gasteiger partial charge on any atom is 0.225 e. The van der Waals surface area contributed by atoms with Gasteiger partial charge in [0, 0.05) is 62.8 Å². The van der Waals surface area contributed by atoms with Gasteiger partial charge in [0.25, 0.3) is 0 Å². The Labute approximate surface area is 180 Å². The monoisotopic (exact) mass is 409 g/mol. The molecule has 2 aliphatic rings. The first kappa shape index (κ1) is 21.0. The third kappa shape index (κ3) is 5.45. The van der Waals surface area contributed by atoms with Crippen molar-refractivity contribution in [3.63, 3.8) is 0 Å². The number of nitrogens with zero attached hydrogens (tertiary/aromatic N) is 6. The average Bonchev–Trinajstić information content (AvgIpc) is 2.76. The van der Waals surface area contributed by atoms with E-state index < -0.39 is 0 Å². The van der Waals surface area contributed by atoms with Gasteiger partial charge in [-0.1, -0.05) is 6.92 Å². The van der Waals surface area contributed by atoms with Crippen molar-refractivity contribution < 1.29 is 0 Å². The standard InChI is InChI=1S/C23H35N7/c1-17-4-10-30(11-5-17)23-25-14-20(15-26-23)16-29-8-6-19(7-9-29)13-22-27-18(2)12-21(24-3)28-22/h12,14-15,17,19H,4-11,13,16H2,1-3H3,(H,24,27,28). The summed E-state index contributed by atoms with van der Waals surface area (Å²) in [6.45, 7) is 9.69. The second-order valence-electron chi connectivity index (χ2n) is 9.05. The molecule has 0 unspecified atom stereocenters. The Bertz CT molecular complexity index is 807. The largest absolute Gasteiger partial charge is 0.373 e. The normalized spacial score (nSPS) is 19.2. The summed E-state index contributed by atoms with van der Waals surface area (Å²) in [7, 11) is 1.91. The van der Waals surface area contributed by atoms with Crippen molar-refractivity contribution in [3.05, 3.63) is 35.5 Å². The zero-order valence-electron chi connectivity index (χ0n) is 18.6. The summed E-state index contributed by atoms with van der Waals surface area (Å²) in [6.07, 6.45) is 9.87. The molecule has 4 rings (SSSR count). The average molecular weight is 410 g/mol. The number of hydrogen-bond donors (Lipinski definition) is 1. The Balaban J connectivity index is 1.25. The number of nitrogens with one attached hydrogen (secondary N) is 1. The summed E-state index contributed by atoms with van der Waals surface area (Å²) in [6, 6.07) is 1.99. The lowest BCUT2D eigenvalue weighted by Gasteiger charge is -2.32. The number of piperidine rings is 2. The quantitative estimate of drug-likeness (QED) is 0.785. The van der Waals surface area contributed by atoms with Crippen molar-refractivity contribution in [2.24, 2.45) is 11.8 Å². The first-order valence-electron chi connectivity index (χ1n) is 11.4. The highest BCUT2D eigenvalue weighted by Gasteiger charge is 2.22. The van der Waals surface area contributed by atoms with E-state index >= 15 is 0 Å². The minimum absolute atomic E-state index is 0.660. The van der Waals surface area contributed by atoms with Gasteiger partial charge >= 0.3 is 0 Å². The predicted octanol–water partition coefficient (Wildman–Crippen LogP) is 3.31. The molecule has 7 nitrogen and oxygen atoms in total. The van der Waals surface area contributed by atoms with Gasteiger partial charge in [0.2, 0.25) is 5.95 Å². The first-order valence-corrected chi connectivity index (χ1v) is 11.4. The van der Waals surface area contributed by atoms with Crippen molar-refractivity contribution in [1.29, 1.82) is 0 Å². The third-order valence-electron chi connectivity index (χ3n) is 6.50. The predicted molar refractivity (Wildman–Crippen MR) is 121 cm³/mol. The molecule has 2 aromatic heterocycles. The van der Waals surface area contributed by atoms with Crippen LogP contribution < -0.4 is 10.2 Å². The molecule has 0 aliphatic carbocycles. The van der Waals surface area contributed by atoms with Gasteiger partial charge in [-0.05, 0) is 57.5 Å². The van der Waals surface area contributed by atoms with Crippen molar-refractivity contribution in [2.75, 3.05) is 43.4 Å². The van der Waals surface area contributed by atoms with Crippen molar-refractivity contribution >= 4 is 11.8 Å². The van der Waals surface area contributed by atoms with Crippen molar-refractivity contribution in [3.8, 4) is 0 Å². The van der Waals surface area contributed by atoms with Crippen molar-refractivity contribution in [1.82, 2.24) is 24.8 Å². The van der Waals surface area contributed by atoms with E-state index in [0.717, 1.165) is 68.3 Å². The molecule has 2 saturated heterocycles. The number of aromatic nitrogens is 4. The van der Waals surface area contributed by atoms with Crippen LogP contribution in [0.2, 0.25) is 0 Å². The summed E-state index contributed by atoms with van der Waals surface area (Å²) < 4.78 is 0. The zero-order valence-corrected chi connectivity index (χ0v) is 18.6. The highest BCUT2D eigenvalue weighted by Crippen LogP contribution is 2.23. The van der Waals surface area contributed by atoms with E-state index in [4.69, 9.17) is 0 Å². The fourth-order valence-electron chi connectivity index (χ4n) is 4.52. The number of likely N-dealkylation sites (tertiary alicyclic amines) is 1. The van der Waals surface area contributed by atoms with Crippen LogP contribution in [-0.4, -0.2) is 58.1 Å². The molecule has 0 aromatic carbocycles. The van der Waals surface area contributed by atoms with Crippen LogP contribution in [0, 0.1) is 18.8 Å². The molecule has 2 fully saturated rings. The van der Waals surface area contributed by atoms with Gasteiger partial charge in [-0.3, -0.25) is 4.90 Å². The minimum Gasteiger partial charge on any atom is -0.373 e.